The van der Waals surface area contributed by atoms with Gasteiger partial charge < -0.3 is 14.8 Å². The summed E-state index contributed by atoms with van der Waals surface area (Å²) in [6.45, 7) is 0.803. The van der Waals surface area contributed by atoms with Crippen molar-refractivity contribution in [1.82, 2.24) is 0 Å². The molecule has 0 spiro atoms. The first kappa shape index (κ1) is 12.7. The Morgan fingerprint density at radius 2 is 1.75 bits per heavy atom. The molecule has 0 amide bonds. The van der Waals surface area contributed by atoms with Crippen LogP contribution < -0.4 is 14.8 Å². The SMILES string of the molecule is FC(F)c1ccc(CNc2ccc3c(c2)OCO3)cc1. The molecule has 1 heterocycles. The third kappa shape index (κ3) is 2.66. The number of alkyl halides is 2. The number of rotatable bonds is 4. The van der Waals surface area contributed by atoms with Crippen LogP contribution in [-0.2, 0) is 6.54 Å². The van der Waals surface area contributed by atoms with Gasteiger partial charge in [0.15, 0.2) is 11.5 Å². The summed E-state index contributed by atoms with van der Waals surface area (Å²) in [5.74, 6) is 1.44. The molecule has 2 aromatic carbocycles. The van der Waals surface area contributed by atoms with Gasteiger partial charge in [0, 0.05) is 23.9 Å². The van der Waals surface area contributed by atoms with Crippen LogP contribution in [0.2, 0.25) is 0 Å². The van der Waals surface area contributed by atoms with Crippen LogP contribution in [0.4, 0.5) is 14.5 Å². The first-order valence-corrected chi connectivity index (χ1v) is 6.23. The Labute approximate surface area is 115 Å². The second-order valence-electron chi connectivity index (χ2n) is 4.46. The molecule has 0 saturated heterocycles. The van der Waals surface area contributed by atoms with E-state index in [2.05, 4.69) is 5.32 Å². The number of benzene rings is 2. The highest BCUT2D eigenvalue weighted by Gasteiger charge is 2.13. The largest absolute Gasteiger partial charge is 0.454 e. The number of ether oxygens (including phenoxy) is 2. The van der Waals surface area contributed by atoms with E-state index in [4.69, 9.17) is 9.47 Å². The maximum Gasteiger partial charge on any atom is 0.263 e. The number of anilines is 1. The van der Waals surface area contributed by atoms with Gasteiger partial charge in [-0.3, -0.25) is 0 Å². The molecule has 104 valence electrons. The van der Waals surface area contributed by atoms with Crippen LogP contribution in [0, 0.1) is 0 Å². The van der Waals surface area contributed by atoms with Gasteiger partial charge in [-0.2, -0.15) is 0 Å². The van der Waals surface area contributed by atoms with Gasteiger partial charge in [-0.1, -0.05) is 24.3 Å². The normalized spacial score (nSPS) is 12.8. The fraction of sp³-hybridized carbons (Fsp3) is 0.200. The van der Waals surface area contributed by atoms with E-state index < -0.39 is 6.43 Å². The van der Waals surface area contributed by atoms with E-state index in [0.717, 1.165) is 17.0 Å². The molecule has 0 fully saturated rings. The summed E-state index contributed by atoms with van der Waals surface area (Å²) >= 11 is 0. The molecule has 0 aromatic heterocycles. The van der Waals surface area contributed by atoms with Gasteiger partial charge in [0.1, 0.15) is 0 Å². The Morgan fingerprint density at radius 3 is 2.50 bits per heavy atom. The summed E-state index contributed by atoms with van der Waals surface area (Å²) in [6.07, 6.45) is -2.43. The van der Waals surface area contributed by atoms with E-state index >= 15 is 0 Å². The number of nitrogens with one attached hydrogen (secondary N) is 1. The highest BCUT2D eigenvalue weighted by atomic mass is 19.3. The molecular formula is C15H13F2NO2. The lowest BCUT2D eigenvalue weighted by Gasteiger charge is -2.08. The summed E-state index contributed by atoms with van der Waals surface area (Å²) in [5, 5.41) is 3.22. The summed E-state index contributed by atoms with van der Waals surface area (Å²) in [6, 6.07) is 11.9. The van der Waals surface area contributed by atoms with E-state index in [9.17, 15) is 8.78 Å². The Kier molecular flexibility index (Phi) is 3.41. The number of halogens is 2. The Hall–Kier alpha value is -2.30. The molecule has 1 aliphatic rings. The van der Waals surface area contributed by atoms with Gasteiger partial charge in [-0.05, 0) is 17.7 Å². The van der Waals surface area contributed by atoms with E-state index in [1.807, 2.05) is 18.2 Å². The van der Waals surface area contributed by atoms with Crippen LogP contribution in [0.5, 0.6) is 11.5 Å². The highest BCUT2D eigenvalue weighted by Crippen LogP contribution is 2.34. The van der Waals surface area contributed by atoms with Crippen molar-refractivity contribution in [3.8, 4) is 11.5 Å². The molecule has 1 aliphatic heterocycles. The van der Waals surface area contributed by atoms with Crippen LogP contribution in [-0.4, -0.2) is 6.79 Å². The molecule has 0 atom stereocenters. The lowest BCUT2D eigenvalue weighted by Crippen LogP contribution is -1.99. The van der Waals surface area contributed by atoms with Crippen LogP contribution in [0.1, 0.15) is 17.6 Å². The summed E-state index contributed by atoms with van der Waals surface area (Å²) in [7, 11) is 0. The minimum Gasteiger partial charge on any atom is -0.454 e. The molecule has 3 rings (SSSR count). The second kappa shape index (κ2) is 5.36. The molecule has 2 aromatic rings. The fourth-order valence-corrected chi connectivity index (χ4v) is 1.99. The second-order valence-corrected chi connectivity index (χ2v) is 4.46. The third-order valence-electron chi connectivity index (χ3n) is 3.10. The van der Waals surface area contributed by atoms with E-state index in [1.165, 1.54) is 12.1 Å². The minimum absolute atomic E-state index is 0.0387. The van der Waals surface area contributed by atoms with Gasteiger partial charge >= 0.3 is 0 Å². The Bertz CT molecular complexity index is 599. The van der Waals surface area contributed by atoms with E-state index in [-0.39, 0.29) is 12.4 Å². The van der Waals surface area contributed by atoms with Crippen molar-refractivity contribution in [2.45, 2.75) is 13.0 Å². The maximum absolute atomic E-state index is 12.4. The predicted octanol–water partition coefficient (Wildman–Crippen LogP) is 3.97. The standard InChI is InChI=1S/C15H13F2NO2/c16-15(17)11-3-1-10(2-4-11)8-18-12-5-6-13-14(7-12)20-9-19-13/h1-7,15,18H,8-9H2. The van der Waals surface area contributed by atoms with Crippen molar-refractivity contribution in [2.24, 2.45) is 0 Å². The third-order valence-corrected chi connectivity index (χ3v) is 3.10. The zero-order chi connectivity index (χ0) is 13.9. The summed E-state index contributed by atoms with van der Waals surface area (Å²) < 4.78 is 35.4. The van der Waals surface area contributed by atoms with Crippen LogP contribution in [0.15, 0.2) is 42.5 Å². The Morgan fingerprint density at radius 1 is 1.00 bits per heavy atom. The molecule has 0 bridgehead atoms. The lowest BCUT2D eigenvalue weighted by atomic mass is 10.1. The zero-order valence-electron chi connectivity index (χ0n) is 10.6. The monoisotopic (exact) mass is 277 g/mol. The average molecular weight is 277 g/mol. The van der Waals surface area contributed by atoms with Gasteiger partial charge in [0.05, 0.1) is 0 Å². The molecule has 0 saturated carbocycles. The molecule has 0 radical (unpaired) electrons. The summed E-state index contributed by atoms with van der Waals surface area (Å²) in [5.41, 5.74) is 1.87. The molecule has 5 heteroatoms. The van der Waals surface area contributed by atoms with Crippen molar-refractivity contribution in [1.29, 1.82) is 0 Å². The number of hydrogen-bond donors (Lipinski definition) is 1. The quantitative estimate of drug-likeness (QED) is 0.917. The molecule has 1 N–H and O–H groups in total. The van der Waals surface area contributed by atoms with Crippen molar-refractivity contribution in [3.63, 3.8) is 0 Å². The van der Waals surface area contributed by atoms with E-state index in [1.54, 1.807) is 12.1 Å². The molecular weight excluding hydrogens is 264 g/mol. The molecule has 0 unspecified atom stereocenters. The van der Waals surface area contributed by atoms with Crippen LogP contribution >= 0.6 is 0 Å². The van der Waals surface area contributed by atoms with Crippen LogP contribution in [0.3, 0.4) is 0 Å². The molecule has 3 nitrogen and oxygen atoms in total. The smallest absolute Gasteiger partial charge is 0.263 e. The van der Waals surface area contributed by atoms with Crippen molar-refractivity contribution < 1.29 is 18.3 Å². The van der Waals surface area contributed by atoms with Gasteiger partial charge in [0.2, 0.25) is 6.79 Å². The first-order valence-electron chi connectivity index (χ1n) is 6.23. The number of hydrogen-bond acceptors (Lipinski definition) is 3. The van der Waals surface area contributed by atoms with Crippen molar-refractivity contribution in [3.05, 3.63) is 53.6 Å². The van der Waals surface area contributed by atoms with Gasteiger partial charge in [-0.15, -0.1) is 0 Å². The number of fused-ring (bicyclic) bond motifs is 1. The summed E-state index contributed by atoms with van der Waals surface area (Å²) in [4.78, 5) is 0. The van der Waals surface area contributed by atoms with Gasteiger partial charge in [0.25, 0.3) is 6.43 Å². The fourth-order valence-electron chi connectivity index (χ4n) is 1.99. The Balaban J connectivity index is 1.64. The highest BCUT2D eigenvalue weighted by molar-refractivity contribution is 5.55. The first-order chi connectivity index (χ1) is 9.72. The molecule has 0 aliphatic carbocycles. The van der Waals surface area contributed by atoms with E-state index in [0.29, 0.717) is 12.3 Å². The molecule has 20 heavy (non-hydrogen) atoms. The van der Waals surface area contributed by atoms with Gasteiger partial charge in [-0.25, -0.2) is 8.78 Å². The van der Waals surface area contributed by atoms with Crippen LogP contribution in [0.25, 0.3) is 0 Å². The average Bonchev–Trinajstić information content (AvgIpc) is 2.93. The predicted molar refractivity (Wildman–Crippen MR) is 71.3 cm³/mol. The minimum atomic E-state index is -2.43. The maximum atomic E-state index is 12.4. The zero-order valence-corrected chi connectivity index (χ0v) is 10.6. The topological polar surface area (TPSA) is 30.5 Å². The lowest BCUT2D eigenvalue weighted by molar-refractivity contribution is 0.151. The van der Waals surface area contributed by atoms with Crippen molar-refractivity contribution >= 4 is 5.69 Å². The van der Waals surface area contributed by atoms with Crippen molar-refractivity contribution in [2.75, 3.05) is 12.1 Å².